The van der Waals surface area contributed by atoms with Crippen LogP contribution < -0.4 is 4.90 Å². The van der Waals surface area contributed by atoms with Crippen molar-refractivity contribution in [2.75, 3.05) is 25.2 Å². The molecule has 6 nitrogen and oxygen atoms in total. The molecule has 0 bridgehead atoms. The standard InChI is InChI=1S/C20H21N3O3/c1-12-15-10-18-16(11-17(15)23(20(12)25)8-9-26-3)21-19(22(18)2)13-4-6-14(24)7-5-13/h4-7,10-12,24H,8-9H2,1-3H3. The van der Waals surface area contributed by atoms with Crippen molar-refractivity contribution in [2.24, 2.45) is 7.05 Å². The van der Waals surface area contributed by atoms with Crippen molar-refractivity contribution in [1.29, 1.82) is 0 Å². The molecule has 0 aliphatic carbocycles. The van der Waals surface area contributed by atoms with Crippen LogP contribution >= 0.6 is 0 Å². The van der Waals surface area contributed by atoms with Crippen LogP contribution in [0.3, 0.4) is 0 Å². The predicted molar refractivity (Wildman–Crippen MR) is 100 cm³/mol. The first-order valence-electron chi connectivity index (χ1n) is 8.61. The Kier molecular flexibility index (Phi) is 3.92. The number of rotatable bonds is 4. The highest BCUT2D eigenvalue weighted by atomic mass is 16.5. The van der Waals surface area contributed by atoms with Crippen molar-refractivity contribution < 1.29 is 14.6 Å². The van der Waals surface area contributed by atoms with E-state index in [2.05, 4.69) is 6.07 Å². The number of phenolic OH excluding ortho intramolecular Hbond substituents is 1. The summed E-state index contributed by atoms with van der Waals surface area (Å²) in [6.07, 6.45) is 0. The number of benzene rings is 2. The van der Waals surface area contributed by atoms with Gasteiger partial charge in [0.05, 0.1) is 29.2 Å². The van der Waals surface area contributed by atoms with Gasteiger partial charge in [-0.15, -0.1) is 0 Å². The van der Waals surface area contributed by atoms with Crippen molar-refractivity contribution in [3.63, 3.8) is 0 Å². The van der Waals surface area contributed by atoms with E-state index in [1.165, 1.54) is 0 Å². The highest BCUT2D eigenvalue weighted by molar-refractivity contribution is 6.07. The minimum absolute atomic E-state index is 0.103. The van der Waals surface area contributed by atoms with Gasteiger partial charge in [0.1, 0.15) is 11.6 Å². The maximum Gasteiger partial charge on any atom is 0.234 e. The second kappa shape index (κ2) is 6.14. The molecule has 2 aromatic carbocycles. The Labute approximate surface area is 151 Å². The molecule has 3 aromatic rings. The van der Waals surface area contributed by atoms with E-state index >= 15 is 0 Å². The minimum Gasteiger partial charge on any atom is -0.508 e. The molecule has 1 aliphatic heterocycles. The van der Waals surface area contributed by atoms with E-state index in [4.69, 9.17) is 9.72 Å². The van der Waals surface area contributed by atoms with Crippen molar-refractivity contribution >= 4 is 22.6 Å². The van der Waals surface area contributed by atoms with Crippen LogP contribution in [-0.4, -0.2) is 40.8 Å². The summed E-state index contributed by atoms with van der Waals surface area (Å²) >= 11 is 0. The number of carbonyl (C=O) groups is 1. The van der Waals surface area contributed by atoms with E-state index in [9.17, 15) is 9.90 Å². The largest absolute Gasteiger partial charge is 0.508 e. The van der Waals surface area contributed by atoms with E-state index in [1.54, 1.807) is 24.1 Å². The number of imidazole rings is 1. The molecule has 1 N–H and O–H groups in total. The van der Waals surface area contributed by atoms with Crippen LogP contribution in [0.1, 0.15) is 18.4 Å². The van der Waals surface area contributed by atoms with Gasteiger partial charge in [-0.05, 0) is 48.9 Å². The van der Waals surface area contributed by atoms with Gasteiger partial charge in [-0.25, -0.2) is 4.98 Å². The lowest BCUT2D eigenvalue weighted by atomic mass is 10.0. The molecule has 1 aliphatic rings. The Morgan fingerprint density at radius 1 is 1.23 bits per heavy atom. The Morgan fingerprint density at radius 2 is 1.96 bits per heavy atom. The number of nitrogens with zero attached hydrogens (tertiary/aromatic N) is 3. The fourth-order valence-corrected chi connectivity index (χ4v) is 3.59. The Balaban J connectivity index is 1.84. The number of phenols is 1. The van der Waals surface area contributed by atoms with Gasteiger partial charge in [0, 0.05) is 26.3 Å². The van der Waals surface area contributed by atoms with Gasteiger partial charge in [0.15, 0.2) is 0 Å². The SMILES string of the molecule is COCCN1C(=O)C(C)c2cc3c(cc21)nc(-c1ccc(O)cc1)n3C. The van der Waals surface area contributed by atoms with Crippen molar-refractivity contribution in [3.8, 4) is 17.1 Å². The van der Waals surface area contributed by atoms with E-state index in [0.717, 1.165) is 33.7 Å². The third kappa shape index (κ3) is 2.45. The van der Waals surface area contributed by atoms with Gasteiger partial charge >= 0.3 is 0 Å². The van der Waals surface area contributed by atoms with E-state index in [0.29, 0.717) is 13.2 Å². The fourth-order valence-electron chi connectivity index (χ4n) is 3.59. The van der Waals surface area contributed by atoms with Gasteiger partial charge in [-0.2, -0.15) is 0 Å². The number of hydrogen-bond donors (Lipinski definition) is 1. The zero-order chi connectivity index (χ0) is 18.4. The summed E-state index contributed by atoms with van der Waals surface area (Å²) in [6, 6.07) is 11.1. The summed E-state index contributed by atoms with van der Waals surface area (Å²) in [5.41, 5.74) is 4.71. The van der Waals surface area contributed by atoms with E-state index in [1.807, 2.05) is 36.7 Å². The molecular weight excluding hydrogens is 330 g/mol. The summed E-state index contributed by atoms with van der Waals surface area (Å²) < 4.78 is 7.17. The minimum atomic E-state index is -0.168. The molecule has 2 heterocycles. The molecule has 4 rings (SSSR count). The fraction of sp³-hybridized carbons (Fsp3) is 0.300. The summed E-state index contributed by atoms with van der Waals surface area (Å²) in [7, 11) is 3.60. The monoisotopic (exact) mass is 351 g/mol. The molecule has 0 saturated carbocycles. The van der Waals surface area contributed by atoms with Crippen LogP contribution in [0.15, 0.2) is 36.4 Å². The van der Waals surface area contributed by atoms with Crippen LogP contribution in [-0.2, 0) is 16.6 Å². The Bertz CT molecular complexity index is 992. The second-order valence-electron chi connectivity index (χ2n) is 6.65. The number of methoxy groups -OCH3 is 1. The maximum absolute atomic E-state index is 12.6. The third-order valence-electron chi connectivity index (χ3n) is 5.07. The lowest BCUT2D eigenvalue weighted by Crippen LogP contribution is -2.31. The molecular formula is C20H21N3O3. The Hall–Kier alpha value is -2.86. The highest BCUT2D eigenvalue weighted by Crippen LogP contribution is 2.40. The van der Waals surface area contributed by atoms with Crippen LogP contribution in [0.25, 0.3) is 22.4 Å². The molecule has 0 spiro atoms. The maximum atomic E-state index is 12.6. The molecule has 6 heteroatoms. The summed E-state index contributed by atoms with van der Waals surface area (Å²) in [5, 5.41) is 9.50. The van der Waals surface area contributed by atoms with Gasteiger partial charge in [0.25, 0.3) is 0 Å². The van der Waals surface area contributed by atoms with Crippen molar-refractivity contribution in [2.45, 2.75) is 12.8 Å². The van der Waals surface area contributed by atoms with Gasteiger partial charge in [-0.3, -0.25) is 4.79 Å². The number of amides is 1. The predicted octanol–water partition coefficient (Wildman–Crippen LogP) is 3.04. The van der Waals surface area contributed by atoms with E-state index in [-0.39, 0.29) is 17.6 Å². The topological polar surface area (TPSA) is 67.6 Å². The first kappa shape index (κ1) is 16.6. The highest BCUT2D eigenvalue weighted by Gasteiger charge is 2.34. The van der Waals surface area contributed by atoms with Crippen molar-refractivity contribution in [1.82, 2.24) is 9.55 Å². The number of carbonyl (C=O) groups excluding carboxylic acids is 1. The quantitative estimate of drug-likeness (QED) is 0.784. The Morgan fingerprint density at radius 3 is 2.65 bits per heavy atom. The molecule has 0 fully saturated rings. The summed E-state index contributed by atoms with van der Waals surface area (Å²) in [4.78, 5) is 19.1. The third-order valence-corrected chi connectivity index (χ3v) is 5.07. The number of anilines is 1. The number of ether oxygens (including phenoxy) is 1. The first-order valence-corrected chi connectivity index (χ1v) is 8.61. The average Bonchev–Trinajstić information content (AvgIpc) is 3.08. The van der Waals surface area contributed by atoms with Crippen LogP contribution in [0.2, 0.25) is 0 Å². The number of aryl methyl sites for hydroxylation is 1. The summed E-state index contributed by atoms with van der Waals surface area (Å²) in [5.74, 6) is 0.989. The number of aromatic nitrogens is 2. The zero-order valence-electron chi connectivity index (χ0n) is 15.1. The normalized spacial score (nSPS) is 16.5. The number of aromatic hydroxyl groups is 1. The molecule has 1 atom stereocenters. The molecule has 1 amide bonds. The lowest BCUT2D eigenvalue weighted by molar-refractivity contribution is -0.119. The van der Waals surface area contributed by atoms with Gasteiger partial charge in [-0.1, -0.05) is 0 Å². The number of fused-ring (bicyclic) bond motifs is 2. The van der Waals surface area contributed by atoms with Gasteiger partial charge < -0.3 is 19.3 Å². The molecule has 1 unspecified atom stereocenters. The molecule has 0 saturated heterocycles. The average molecular weight is 351 g/mol. The number of hydrogen-bond acceptors (Lipinski definition) is 4. The molecule has 1 aromatic heterocycles. The smallest absolute Gasteiger partial charge is 0.234 e. The second-order valence-corrected chi connectivity index (χ2v) is 6.65. The molecule has 134 valence electrons. The van der Waals surface area contributed by atoms with Crippen LogP contribution in [0, 0.1) is 0 Å². The van der Waals surface area contributed by atoms with Crippen molar-refractivity contribution in [3.05, 3.63) is 42.0 Å². The zero-order valence-corrected chi connectivity index (χ0v) is 15.1. The summed E-state index contributed by atoms with van der Waals surface area (Å²) in [6.45, 7) is 2.98. The molecule has 0 radical (unpaired) electrons. The molecule has 26 heavy (non-hydrogen) atoms. The first-order chi connectivity index (χ1) is 12.5. The van der Waals surface area contributed by atoms with Crippen LogP contribution in [0.4, 0.5) is 5.69 Å². The van der Waals surface area contributed by atoms with E-state index < -0.39 is 0 Å². The lowest BCUT2D eigenvalue weighted by Gasteiger charge is -2.17. The van der Waals surface area contributed by atoms with Crippen LogP contribution in [0.5, 0.6) is 5.75 Å². The van der Waals surface area contributed by atoms with Gasteiger partial charge in [0.2, 0.25) is 5.91 Å².